The van der Waals surface area contributed by atoms with Gasteiger partial charge in [-0.3, -0.25) is 4.79 Å². The average molecular weight is 407 g/mol. The number of fused-ring (bicyclic) bond motifs is 1. The average Bonchev–Trinajstić information content (AvgIpc) is 3.11. The lowest BCUT2D eigenvalue weighted by atomic mass is 10.1. The van der Waals surface area contributed by atoms with Crippen LogP contribution in [0.5, 0.6) is 5.75 Å². The smallest absolute Gasteiger partial charge is 0.255 e. The van der Waals surface area contributed by atoms with Crippen LogP contribution in [0.2, 0.25) is 5.02 Å². The van der Waals surface area contributed by atoms with Crippen molar-refractivity contribution in [2.45, 2.75) is 13.8 Å². The Balaban J connectivity index is 1.63. The van der Waals surface area contributed by atoms with Gasteiger partial charge in [0.25, 0.3) is 5.91 Å². The van der Waals surface area contributed by atoms with Crippen LogP contribution in [0.25, 0.3) is 16.7 Å². The normalized spacial score (nSPS) is 10.9. The molecule has 0 bridgehead atoms. The van der Waals surface area contributed by atoms with Gasteiger partial charge in [0, 0.05) is 11.3 Å². The molecule has 146 valence electrons. The molecule has 0 spiro atoms. The Morgan fingerprint density at radius 1 is 1.00 bits per heavy atom. The Labute approximate surface area is 173 Å². The van der Waals surface area contributed by atoms with E-state index in [2.05, 4.69) is 15.5 Å². The molecule has 0 aliphatic heterocycles. The van der Waals surface area contributed by atoms with Crippen LogP contribution in [0.1, 0.15) is 21.5 Å². The molecule has 0 unspecified atom stereocenters. The third-order valence-electron chi connectivity index (χ3n) is 4.65. The van der Waals surface area contributed by atoms with E-state index in [1.54, 1.807) is 23.0 Å². The second-order valence-electron chi connectivity index (χ2n) is 6.78. The van der Waals surface area contributed by atoms with Crippen molar-refractivity contribution >= 4 is 34.2 Å². The summed E-state index contributed by atoms with van der Waals surface area (Å²) in [6, 6.07) is 16.6. The molecule has 4 aromatic rings. The zero-order valence-electron chi connectivity index (χ0n) is 16.2. The van der Waals surface area contributed by atoms with Gasteiger partial charge < -0.3 is 10.1 Å². The number of amides is 1. The summed E-state index contributed by atoms with van der Waals surface area (Å²) in [6.07, 6.45) is 0. The number of benzene rings is 3. The number of carbonyl (C=O) groups is 1. The molecule has 6 nitrogen and oxygen atoms in total. The summed E-state index contributed by atoms with van der Waals surface area (Å²) in [5.74, 6) is 0.261. The number of hydrogen-bond acceptors (Lipinski definition) is 4. The fourth-order valence-corrected chi connectivity index (χ4v) is 3.26. The number of aromatic nitrogens is 3. The molecule has 1 aromatic heterocycles. The first-order valence-corrected chi connectivity index (χ1v) is 9.42. The quantitative estimate of drug-likeness (QED) is 0.520. The molecule has 3 aromatic carbocycles. The van der Waals surface area contributed by atoms with Crippen LogP contribution in [-0.4, -0.2) is 28.0 Å². The highest BCUT2D eigenvalue weighted by molar-refractivity contribution is 6.32. The number of carbonyl (C=O) groups excluding carboxylic acids is 1. The van der Waals surface area contributed by atoms with Crippen LogP contribution >= 0.6 is 11.6 Å². The Morgan fingerprint density at radius 3 is 2.34 bits per heavy atom. The molecule has 0 radical (unpaired) electrons. The highest BCUT2D eigenvalue weighted by Gasteiger charge is 2.13. The van der Waals surface area contributed by atoms with Gasteiger partial charge in [0.15, 0.2) is 0 Å². The highest BCUT2D eigenvalue weighted by Crippen LogP contribution is 2.26. The summed E-state index contributed by atoms with van der Waals surface area (Å²) in [4.78, 5) is 14.3. The van der Waals surface area contributed by atoms with Crippen molar-refractivity contribution in [2.75, 3.05) is 12.4 Å². The van der Waals surface area contributed by atoms with Gasteiger partial charge in [-0.1, -0.05) is 29.3 Å². The molecule has 0 fully saturated rings. The second-order valence-corrected chi connectivity index (χ2v) is 7.19. The van der Waals surface area contributed by atoms with E-state index >= 15 is 0 Å². The third-order valence-corrected chi connectivity index (χ3v) is 4.95. The fourth-order valence-electron chi connectivity index (χ4n) is 3.00. The molecule has 0 saturated carbocycles. The zero-order chi connectivity index (χ0) is 20.5. The number of halogens is 1. The monoisotopic (exact) mass is 406 g/mol. The molecule has 0 aliphatic rings. The van der Waals surface area contributed by atoms with Gasteiger partial charge in [-0.25, -0.2) is 0 Å². The molecule has 1 N–H and O–H groups in total. The van der Waals surface area contributed by atoms with Crippen molar-refractivity contribution < 1.29 is 9.53 Å². The van der Waals surface area contributed by atoms with Crippen LogP contribution in [0.15, 0.2) is 54.6 Å². The minimum atomic E-state index is -0.261. The summed E-state index contributed by atoms with van der Waals surface area (Å²) < 4.78 is 5.13. The molecule has 29 heavy (non-hydrogen) atoms. The Morgan fingerprint density at radius 2 is 1.69 bits per heavy atom. The predicted molar refractivity (Wildman–Crippen MR) is 114 cm³/mol. The van der Waals surface area contributed by atoms with Gasteiger partial charge in [0.1, 0.15) is 16.8 Å². The number of aryl methyl sites for hydroxylation is 2. The Hall–Kier alpha value is -3.38. The molecule has 1 amide bonds. The molecular weight excluding hydrogens is 388 g/mol. The lowest BCUT2D eigenvalue weighted by molar-refractivity contribution is 0.102. The summed E-state index contributed by atoms with van der Waals surface area (Å²) in [5.41, 5.74) is 5.51. The van der Waals surface area contributed by atoms with Crippen LogP contribution in [0, 0.1) is 13.8 Å². The molecular formula is C22H19ClN4O2. The zero-order valence-corrected chi connectivity index (χ0v) is 17.0. The van der Waals surface area contributed by atoms with E-state index < -0.39 is 0 Å². The van der Waals surface area contributed by atoms with Gasteiger partial charge in [-0.2, -0.15) is 4.80 Å². The predicted octanol–water partition coefficient (Wildman–Crippen LogP) is 4.95. The van der Waals surface area contributed by atoms with Gasteiger partial charge in [0.05, 0.1) is 17.8 Å². The number of ether oxygens (including phenoxy) is 1. The third kappa shape index (κ3) is 3.79. The first-order valence-electron chi connectivity index (χ1n) is 9.04. The highest BCUT2D eigenvalue weighted by atomic mass is 35.5. The number of hydrogen-bond donors (Lipinski definition) is 1. The van der Waals surface area contributed by atoms with Crippen LogP contribution in [-0.2, 0) is 0 Å². The second kappa shape index (κ2) is 7.56. The minimum Gasteiger partial charge on any atom is -0.495 e. The maximum Gasteiger partial charge on any atom is 0.255 e. The minimum absolute atomic E-state index is 0.261. The number of rotatable bonds is 4. The lowest BCUT2D eigenvalue weighted by Gasteiger charge is -2.09. The van der Waals surface area contributed by atoms with Crippen molar-refractivity contribution in [3.63, 3.8) is 0 Å². The molecule has 4 rings (SSSR count). The Kier molecular flexibility index (Phi) is 4.94. The lowest BCUT2D eigenvalue weighted by Crippen LogP contribution is -2.12. The SMILES string of the molecule is COc1ccc(C(=O)Nc2cc3nn(-c4ccc(C)cc4)nc3cc2C)cc1Cl. The molecule has 0 atom stereocenters. The van der Waals surface area contributed by atoms with Crippen molar-refractivity contribution in [1.29, 1.82) is 0 Å². The Bertz CT molecular complexity index is 1220. The summed E-state index contributed by atoms with van der Waals surface area (Å²) in [5, 5.41) is 12.4. The molecule has 1 heterocycles. The van der Waals surface area contributed by atoms with Crippen molar-refractivity contribution in [3.05, 3.63) is 76.3 Å². The summed E-state index contributed by atoms with van der Waals surface area (Å²) in [6.45, 7) is 3.95. The van der Waals surface area contributed by atoms with Crippen molar-refractivity contribution in [2.24, 2.45) is 0 Å². The van der Waals surface area contributed by atoms with Gasteiger partial charge in [0.2, 0.25) is 0 Å². The largest absolute Gasteiger partial charge is 0.495 e. The van der Waals surface area contributed by atoms with E-state index in [0.29, 0.717) is 27.5 Å². The number of anilines is 1. The first-order chi connectivity index (χ1) is 13.9. The molecule has 7 heteroatoms. The van der Waals surface area contributed by atoms with E-state index in [4.69, 9.17) is 16.3 Å². The molecule has 0 saturated heterocycles. The van der Waals surface area contributed by atoms with Gasteiger partial charge >= 0.3 is 0 Å². The van der Waals surface area contributed by atoms with Crippen LogP contribution in [0.3, 0.4) is 0 Å². The van der Waals surface area contributed by atoms with Gasteiger partial charge in [-0.05, 0) is 61.9 Å². The number of methoxy groups -OCH3 is 1. The topological polar surface area (TPSA) is 69.0 Å². The summed E-state index contributed by atoms with van der Waals surface area (Å²) in [7, 11) is 1.53. The van der Waals surface area contributed by atoms with E-state index in [-0.39, 0.29) is 5.91 Å². The van der Waals surface area contributed by atoms with Crippen molar-refractivity contribution in [3.8, 4) is 11.4 Å². The number of nitrogens with zero attached hydrogens (tertiary/aromatic N) is 3. The van der Waals surface area contributed by atoms with Gasteiger partial charge in [-0.15, -0.1) is 10.2 Å². The number of nitrogens with one attached hydrogen (secondary N) is 1. The van der Waals surface area contributed by atoms with Crippen LogP contribution < -0.4 is 10.1 Å². The maximum atomic E-state index is 12.7. The fraction of sp³-hybridized carbons (Fsp3) is 0.136. The maximum absolute atomic E-state index is 12.7. The van der Waals surface area contributed by atoms with Crippen LogP contribution in [0.4, 0.5) is 5.69 Å². The summed E-state index contributed by atoms with van der Waals surface area (Å²) >= 11 is 6.13. The van der Waals surface area contributed by atoms with E-state index in [1.165, 1.54) is 12.7 Å². The van der Waals surface area contributed by atoms with E-state index in [9.17, 15) is 4.79 Å². The molecule has 0 aliphatic carbocycles. The standard InChI is InChI=1S/C22H19ClN4O2/c1-13-4-7-16(8-5-13)27-25-19-10-14(2)18(12-20(19)26-27)24-22(28)15-6-9-21(29-3)17(23)11-15/h4-12H,1-3H3,(H,24,28). The van der Waals surface area contributed by atoms with Crippen molar-refractivity contribution in [1.82, 2.24) is 15.0 Å². The first kappa shape index (κ1) is 19.0. The van der Waals surface area contributed by atoms with E-state index in [0.717, 1.165) is 16.8 Å². The van der Waals surface area contributed by atoms with E-state index in [1.807, 2.05) is 50.2 Å².